The van der Waals surface area contributed by atoms with Gasteiger partial charge in [0, 0.05) is 17.4 Å². The fourth-order valence-corrected chi connectivity index (χ4v) is 2.27. The molecule has 0 saturated carbocycles. The molecule has 18 heavy (non-hydrogen) atoms. The summed E-state index contributed by atoms with van der Waals surface area (Å²) in [7, 11) is 0. The lowest BCUT2D eigenvalue weighted by atomic mass is 9.93. The molecule has 1 heterocycles. The van der Waals surface area contributed by atoms with Gasteiger partial charge in [-0.15, -0.1) is 0 Å². The van der Waals surface area contributed by atoms with Crippen LogP contribution in [0.1, 0.15) is 23.5 Å². The predicted octanol–water partition coefficient (Wildman–Crippen LogP) is 3.41. The van der Waals surface area contributed by atoms with Gasteiger partial charge in [0.25, 0.3) is 0 Å². The van der Waals surface area contributed by atoms with E-state index in [-0.39, 0.29) is 0 Å². The SMILES string of the molecule is NCC(CCc1ccncc1)c1cccc(Cl)c1. The Labute approximate surface area is 113 Å². The van der Waals surface area contributed by atoms with E-state index in [4.69, 9.17) is 17.3 Å². The molecule has 1 atom stereocenters. The Hall–Kier alpha value is -1.38. The van der Waals surface area contributed by atoms with Crippen LogP contribution in [0.3, 0.4) is 0 Å². The Morgan fingerprint density at radius 2 is 1.94 bits per heavy atom. The third kappa shape index (κ3) is 3.56. The number of hydrogen-bond donors (Lipinski definition) is 1. The van der Waals surface area contributed by atoms with Gasteiger partial charge in [-0.05, 0) is 60.7 Å². The number of benzene rings is 1. The number of rotatable bonds is 5. The zero-order chi connectivity index (χ0) is 12.8. The van der Waals surface area contributed by atoms with Crippen LogP contribution in [-0.2, 0) is 6.42 Å². The van der Waals surface area contributed by atoms with Crippen LogP contribution >= 0.6 is 11.6 Å². The summed E-state index contributed by atoms with van der Waals surface area (Å²) >= 11 is 6.01. The third-order valence-electron chi connectivity index (χ3n) is 3.14. The van der Waals surface area contributed by atoms with Gasteiger partial charge in [-0.25, -0.2) is 0 Å². The van der Waals surface area contributed by atoms with Crippen molar-refractivity contribution in [1.29, 1.82) is 0 Å². The molecule has 1 unspecified atom stereocenters. The molecule has 3 heteroatoms. The summed E-state index contributed by atoms with van der Waals surface area (Å²) in [6, 6.07) is 12.1. The Morgan fingerprint density at radius 3 is 2.61 bits per heavy atom. The largest absolute Gasteiger partial charge is 0.330 e. The topological polar surface area (TPSA) is 38.9 Å². The van der Waals surface area contributed by atoms with E-state index < -0.39 is 0 Å². The van der Waals surface area contributed by atoms with Gasteiger partial charge in [-0.2, -0.15) is 0 Å². The highest BCUT2D eigenvalue weighted by Gasteiger charge is 2.10. The summed E-state index contributed by atoms with van der Waals surface area (Å²) in [5.74, 6) is 0.358. The Kier molecular flexibility index (Phi) is 4.73. The van der Waals surface area contributed by atoms with Crippen molar-refractivity contribution < 1.29 is 0 Å². The van der Waals surface area contributed by atoms with Crippen molar-refractivity contribution in [2.75, 3.05) is 6.54 Å². The standard InChI is InChI=1S/C15H17ClN2/c16-15-3-1-2-13(10-15)14(11-17)5-4-12-6-8-18-9-7-12/h1-3,6-10,14H,4-5,11,17H2. The van der Waals surface area contributed by atoms with Gasteiger partial charge < -0.3 is 5.73 Å². The summed E-state index contributed by atoms with van der Waals surface area (Å²) in [5, 5.41) is 0.773. The van der Waals surface area contributed by atoms with Crippen LogP contribution in [0.25, 0.3) is 0 Å². The quantitative estimate of drug-likeness (QED) is 0.895. The summed E-state index contributed by atoms with van der Waals surface area (Å²) in [6.45, 7) is 0.644. The molecule has 0 aliphatic carbocycles. The zero-order valence-electron chi connectivity index (χ0n) is 10.2. The number of hydrogen-bond acceptors (Lipinski definition) is 2. The Bertz CT molecular complexity index is 485. The van der Waals surface area contributed by atoms with Gasteiger partial charge in [-0.1, -0.05) is 23.7 Å². The van der Waals surface area contributed by atoms with E-state index in [1.54, 1.807) is 0 Å². The van der Waals surface area contributed by atoms with Gasteiger partial charge >= 0.3 is 0 Å². The van der Waals surface area contributed by atoms with Crippen LogP contribution in [0.15, 0.2) is 48.8 Å². The van der Waals surface area contributed by atoms with Crippen molar-refractivity contribution in [3.63, 3.8) is 0 Å². The Morgan fingerprint density at radius 1 is 1.17 bits per heavy atom. The van der Waals surface area contributed by atoms with Crippen molar-refractivity contribution in [2.45, 2.75) is 18.8 Å². The van der Waals surface area contributed by atoms with E-state index in [2.05, 4.69) is 11.1 Å². The molecule has 0 spiro atoms. The number of nitrogens with zero attached hydrogens (tertiary/aromatic N) is 1. The highest BCUT2D eigenvalue weighted by Crippen LogP contribution is 2.23. The van der Waals surface area contributed by atoms with Gasteiger partial charge in [0.2, 0.25) is 0 Å². The number of nitrogens with two attached hydrogens (primary N) is 1. The van der Waals surface area contributed by atoms with Crippen LogP contribution in [0.2, 0.25) is 5.02 Å². The maximum atomic E-state index is 6.01. The van der Waals surface area contributed by atoms with Crippen molar-refractivity contribution in [3.8, 4) is 0 Å². The molecule has 94 valence electrons. The normalized spacial score (nSPS) is 12.3. The molecule has 2 aromatic rings. The molecule has 2 nitrogen and oxygen atoms in total. The second-order valence-corrected chi connectivity index (χ2v) is 4.82. The van der Waals surface area contributed by atoms with E-state index in [1.165, 1.54) is 11.1 Å². The maximum Gasteiger partial charge on any atom is 0.0408 e. The minimum absolute atomic E-state index is 0.358. The molecule has 0 bridgehead atoms. The van der Waals surface area contributed by atoms with E-state index in [0.717, 1.165) is 17.9 Å². The smallest absolute Gasteiger partial charge is 0.0408 e. The highest BCUT2D eigenvalue weighted by atomic mass is 35.5. The molecular formula is C15H17ClN2. The maximum absolute atomic E-state index is 6.01. The lowest BCUT2D eigenvalue weighted by molar-refractivity contribution is 0.633. The van der Waals surface area contributed by atoms with Crippen molar-refractivity contribution in [3.05, 3.63) is 64.9 Å². The van der Waals surface area contributed by atoms with E-state index in [1.807, 2.05) is 42.7 Å². The number of pyridine rings is 1. The minimum atomic E-state index is 0.358. The molecular weight excluding hydrogens is 244 g/mol. The summed E-state index contributed by atoms with van der Waals surface area (Å²) in [6.07, 6.45) is 5.69. The number of halogens is 1. The highest BCUT2D eigenvalue weighted by molar-refractivity contribution is 6.30. The van der Waals surface area contributed by atoms with Crippen LogP contribution in [0.5, 0.6) is 0 Å². The molecule has 0 saturated heterocycles. The molecule has 1 aromatic heterocycles. The average molecular weight is 261 g/mol. The van der Waals surface area contributed by atoms with Gasteiger partial charge in [0.15, 0.2) is 0 Å². The van der Waals surface area contributed by atoms with Crippen molar-refractivity contribution in [2.24, 2.45) is 5.73 Å². The molecule has 0 fully saturated rings. The first-order chi connectivity index (χ1) is 8.79. The fraction of sp³-hybridized carbons (Fsp3) is 0.267. The second-order valence-electron chi connectivity index (χ2n) is 4.38. The van der Waals surface area contributed by atoms with Crippen molar-refractivity contribution in [1.82, 2.24) is 4.98 Å². The lowest BCUT2D eigenvalue weighted by Crippen LogP contribution is -2.13. The van der Waals surface area contributed by atoms with Gasteiger partial charge in [0.1, 0.15) is 0 Å². The van der Waals surface area contributed by atoms with Crippen LogP contribution in [-0.4, -0.2) is 11.5 Å². The number of aromatic nitrogens is 1. The first kappa shape index (κ1) is 13.1. The molecule has 0 radical (unpaired) electrons. The third-order valence-corrected chi connectivity index (χ3v) is 3.37. The first-order valence-electron chi connectivity index (χ1n) is 6.14. The molecule has 0 amide bonds. The summed E-state index contributed by atoms with van der Waals surface area (Å²) in [5.41, 5.74) is 8.38. The van der Waals surface area contributed by atoms with Crippen LogP contribution < -0.4 is 5.73 Å². The summed E-state index contributed by atoms with van der Waals surface area (Å²) < 4.78 is 0. The monoisotopic (exact) mass is 260 g/mol. The van der Waals surface area contributed by atoms with Crippen molar-refractivity contribution >= 4 is 11.6 Å². The summed E-state index contributed by atoms with van der Waals surface area (Å²) in [4.78, 5) is 4.02. The minimum Gasteiger partial charge on any atom is -0.330 e. The molecule has 0 aliphatic rings. The second kappa shape index (κ2) is 6.53. The molecule has 1 aromatic carbocycles. The average Bonchev–Trinajstić information content (AvgIpc) is 2.41. The predicted molar refractivity (Wildman–Crippen MR) is 75.8 cm³/mol. The van der Waals surface area contributed by atoms with Gasteiger partial charge in [-0.3, -0.25) is 4.98 Å². The number of aryl methyl sites for hydroxylation is 1. The fourth-order valence-electron chi connectivity index (χ4n) is 2.07. The van der Waals surface area contributed by atoms with E-state index in [9.17, 15) is 0 Å². The van der Waals surface area contributed by atoms with Crippen LogP contribution in [0.4, 0.5) is 0 Å². The zero-order valence-corrected chi connectivity index (χ0v) is 11.0. The Balaban J connectivity index is 2.02. The molecule has 2 rings (SSSR count). The van der Waals surface area contributed by atoms with Gasteiger partial charge in [0.05, 0.1) is 0 Å². The van der Waals surface area contributed by atoms with Crippen LogP contribution in [0, 0.1) is 0 Å². The van der Waals surface area contributed by atoms with E-state index >= 15 is 0 Å². The first-order valence-corrected chi connectivity index (χ1v) is 6.52. The van der Waals surface area contributed by atoms with E-state index in [0.29, 0.717) is 12.5 Å². The lowest BCUT2D eigenvalue weighted by Gasteiger charge is -2.15. The molecule has 0 aliphatic heterocycles. The molecule has 2 N–H and O–H groups in total.